The Morgan fingerprint density at radius 2 is 2.23 bits per heavy atom. The van der Waals surface area contributed by atoms with Gasteiger partial charge in [0, 0.05) is 17.8 Å². The summed E-state index contributed by atoms with van der Waals surface area (Å²) >= 11 is 5.90. The standard InChI is InChI=1S/C10H12ClNO/c1-13-10-6-8(4-5-9(10)11)12-7-2-3-7/h4-7,12H,2-3H2,1H3. The van der Waals surface area contributed by atoms with Gasteiger partial charge in [0.1, 0.15) is 5.75 Å². The summed E-state index contributed by atoms with van der Waals surface area (Å²) in [4.78, 5) is 0. The summed E-state index contributed by atoms with van der Waals surface area (Å²) in [6.45, 7) is 0. The van der Waals surface area contributed by atoms with Crippen LogP contribution in [0.4, 0.5) is 5.69 Å². The van der Waals surface area contributed by atoms with Gasteiger partial charge in [-0.25, -0.2) is 0 Å². The number of anilines is 1. The number of hydrogen-bond donors (Lipinski definition) is 1. The summed E-state index contributed by atoms with van der Waals surface area (Å²) in [5.74, 6) is 0.729. The van der Waals surface area contributed by atoms with Crippen LogP contribution in [0.5, 0.6) is 5.75 Å². The third-order valence-electron chi connectivity index (χ3n) is 2.10. The summed E-state index contributed by atoms with van der Waals surface area (Å²) in [6.07, 6.45) is 2.54. The molecule has 0 atom stereocenters. The molecular weight excluding hydrogens is 186 g/mol. The first-order valence-electron chi connectivity index (χ1n) is 4.39. The van der Waals surface area contributed by atoms with Crippen molar-refractivity contribution in [3.05, 3.63) is 23.2 Å². The van der Waals surface area contributed by atoms with E-state index in [0.29, 0.717) is 11.1 Å². The zero-order valence-electron chi connectivity index (χ0n) is 7.51. The van der Waals surface area contributed by atoms with Gasteiger partial charge in [-0.2, -0.15) is 0 Å². The molecule has 0 saturated heterocycles. The van der Waals surface area contributed by atoms with Crippen molar-refractivity contribution < 1.29 is 4.74 Å². The SMILES string of the molecule is COc1cc(NC2CC2)ccc1Cl. The van der Waals surface area contributed by atoms with Crippen molar-refractivity contribution in [3.63, 3.8) is 0 Å². The van der Waals surface area contributed by atoms with Crippen LogP contribution in [-0.4, -0.2) is 13.2 Å². The molecule has 2 rings (SSSR count). The van der Waals surface area contributed by atoms with Gasteiger partial charge in [-0.05, 0) is 25.0 Å². The molecule has 1 aromatic rings. The first-order valence-corrected chi connectivity index (χ1v) is 4.77. The fraction of sp³-hybridized carbons (Fsp3) is 0.400. The Kier molecular flexibility index (Phi) is 2.32. The number of hydrogen-bond acceptors (Lipinski definition) is 2. The van der Waals surface area contributed by atoms with Crippen LogP contribution in [0.1, 0.15) is 12.8 Å². The average molecular weight is 198 g/mol. The van der Waals surface area contributed by atoms with E-state index in [2.05, 4.69) is 5.32 Å². The highest BCUT2D eigenvalue weighted by atomic mass is 35.5. The van der Waals surface area contributed by atoms with Crippen molar-refractivity contribution in [1.29, 1.82) is 0 Å². The van der Waals surface area contributed by atoms with Crippen LogP contribution in [0.3, 0.4) is 0 Å². The molecule has 1 fully saturated rings. The van der Waals surface area contributed by atoms with Gasteiger partial charge in [0.25, 0.3) is 0 Å². The minimum Gasteiger partial charge on any atom is -0.495 e. The van der Waals surface area contributed by atoms with E-state index in [0.717, 1.165) is 11.4 Å². The highest BCUT2D eigenvalue weighted by molar-refractivity contribution is 6.32. The average Bonchev–Trinajstić information content (AvgIpc) is 2.92. The fourth-order valence-corrected chi connectivity index (χ4v) is 1.41. The summed E-state index contributed by atoms with van der Waals surface area (Å²) in [5.41, 5.74) is 1.09. The number of halogens is 1. The topological polar surface area (TPSA) is 21.3 Å². The molecule has 1 aromatic carbocycles. The highest BCUT2D eigenvalue weighted by Gasteiger charge is 2.20. The molecule has 0 aliphatic heterocycles. The quantitative estimate of drug-likeness (QED) is 0.805. The van der Waals surface area contributed by atoms with Crippen molar-refractivity contribution in [2.75, 3.05) is 12.4 Å². The smallest absolute Gasteiger partial charge is 0.139 e. The summed E-state index contributed by atoms with van der Waals surface area (Å²) in [7, 11) is 1.63. The zero-order chi connectivity index (χ0) is 9.26. The maximum atomic E-state index is 5.90. The van der Waals surface area contributed by atoms with Crippen molar-refractivity contribution >= 4 is 17.3 Å². The van der Waals surface area contributed by atoms with E-state index in [1.807, 2.05) is 18.2 Å². The zero-order valence-corrected chi connectivity index (χ0v) is 8.27. The third-order valence-corrected chi connectivity index (χ3v) is 2.41. The molecule has 0 heterocycles. The van der Waals surface area contributed by atoms with Gasteiger partial charge in [-0.3, -0.25) is 0 Å². The van der Waals surface area contributed by atoms with Gasteiger partial charge in [-0.15, -0.1) is 0 Å². The van der Waals surface area contributed by atoms with Gasteiger partial charge in [0.2, 0.25) is 0 Å². The van der Waals surface area contributed by atoms with Gasteiger partial charge >= 0.3 is 0 Å². The van der Waals surface area contributed by atoms with E-state index in [1.54, 1.807) is 7.11 Å². The van der Waals surface area contributed by atoms with Gasteiger partial charge in [-0.1, -0.05) is 11.6 Å². The van der Waals surface area contributed by atoms with E-state index >= 15 is 0 Å². The predicted molar refractivity (Wildman–Crippen MR) is 54.6 cm³/mol. The van der Waals surface area contributed by atoms with E-state index in [4.69, 9.17) is 16.3 Å². The van der Waals surface area contributed by atoms with E-state index in [-0.39, 0.29) is 0 Å². The van der Waals surface area contributed by atoms with Crippen molar-refractivity contribution in [2.45, 2.75) is 18.9 Å². The number of ether oxygens (including phenoxy) is 1. The van der Waals surface area contributed by atoms with Crippen molar-refractivity contribution in [3.8, 4) is 5.75 Å². The minimum absolute atomic E-state index is 0.656. The van der Waals surface area contributed by atoms with Crippen LogP contribution < -0.4 is 10.1 Å². The summed E-state index contributed by atoms with van der Waals surface area (Å²) < 4.78 is 5.12. The third kappa shape index (κ3) is 2.07. The van der Waals surface area contributed by atoms with Crippen LogP contribution in [0.15, 0.2) is 18.2 Å². The summed E-state index contributed by atoms with van der Waals surface area (Å²) in [6, 6.07) is 6.42. The molecule has 13 heavy (non-hydrogen) atoms. The Bertz CT molecular complexity index is 310. The number of benzene rings is 1. The monoisotopic (exact) mass is 197 g/mol. The molecule has 0 amide bonds. The Labute approximate surface area is 82.9 Å². The highest BCUT2D eigenvalue weighted by Crippen LogP contribution is 2.30. The first kappa shape index (κ1) is 8.70. The maximum absolute atomic E-state index is 5.90. The Hall–Kier alpha value is -0.890. The minimum atomic E-state index is 0.656. The second-order valence-corrected chi connectivity index (χ2v) is 3.68. The molecule has 70 valence electrons. The molecule has 2 nitrogen and oxygen atoms in total. The van der Waals surface area contributed by atoms with Crippen LogP contribution in [0.2, 0.25) is 5.02 Å². The van der Waals surface area contributed by atoms with Crippen LogP contribution in [0, 0.1) is 0 Å². The van der Waals surface area contributed by atoms with E-state index in [9.17, 15) is 0 Å². The molecule has 1 aliphatic rings. The van der Waals surface area contributed by atoms with Crippen LogP contribution in [-0.2, 0) is 0 Å². The lowest BCUT2D eigenvalue weighted by molar-refractivity contribution is 0.415. The predicted octanol–water partition coefficient (Wildman–Crippen LogP) is 2.92. The molecule has 0 bridgehead atoms. The van der Waals surface area contributed by atoms with Gasteiger partial charge < -0.3 is 10.1 Å². The molecular formula is C10H12ClNO. The Morgan fingerprint density at radius 1 is 1.46 bits per heavy atom. The van der Waals surface area contributed by atoms with Crippen molar-refractivity contribution in [2.24, 2.45) is 0 Å². The number of nitrogens with one attached hydrogen (secondary N) is 1. The Morgan fingerprint density at radius 3 is 2.85 bits per heavy atom. The van der Waals surface area contributed by atoms with Crippen LogP contribution >= 0.6 is 11.6 Å². The molecule has 0 spiro atoms. The van der Waals surface area contributed by atoms with E-state index < -0.39 is 0 Å². The molecule has 0 radical (unpaired) electrons. The molecule has 1 N–H and O–H groups in total. The normalized spacial score (nSPS) is 15.5. The fourth-order valence-electron chi connectivity index (χ4n) is 1.21. The van der Waals surface area contributed by atoms with Gasteiger partial charge in [0.05, 0.1) is 12.1 Å². The van der Waals surface area contributed by atoms with E-state index in [1.165, 1.54) is 12.8 Å². The maximum Gasteiger partial charge on any atom is 0.139 e. The first-order chi connectivity index (χ1) is 6.29. The molecule has 1 saturated carbocycles. The van der Waals surface area contributed by atoms with Gasteiger partial charge in [0.15, 0.2) is 0 Å². The lowest BCUT2D eigenvalue weighted by Gasteiger charge is -2.07. The lowest BCUT2D eigenvalue weighted by atomic mass is 10.3. The molecule has 0 unspecified atom stereocenters. The lowest BCUT2D eigenvalue weighted by Crippen LogP contribution is -2.00. The second-order valence-electron chi connectivity index (χ2n) is 3.27. The number of methoxy groups -OCH3 is 1. The second kappa shape index (κ2) is 3.46. The Balaban J connectivity index is 2.16. The molecule has 3 heteroatoms. The number of rotatable bonds is 3. The largest absolute Gasteiger partial charge is 0.495 e. The van der Waals surface area contributed by atoms with Crippen molar-refractivity contribution in [1.82, 2.24) is 0 Å². The summed E-state index contributed by atoms with van der Waals surface area (Å²) in [5, 5.41) is 4.04. The molecule has 1 aliphatic carbocycles. The van der Waals surface area contributed by atoms with Crippen LogP contribution in [0.25, 0.3) is 0 Å². The molecule has 0 aromatic heterocycles.